The molecule has 1 aromatic heterocycles. The van der Waals surface area contributed by atoms with Crippen LogP contribution in [0.3, 0.4) is 0 Å². The molecule has 0 amide bonds. The maximum absolute atomic E-state index is 11.8. The SMILES string of the molecule is COc1cc(Cn2cc(C)c(=O)[nH]c2=O)ccc1C(N)=S. The predicted molar refractivity (Wildman–Crippen MR) is 84.0 cm³/mol. The lowest BCUT2D eigenvalue weighted by Gasteiger charge is -2.11. The first kappa shape index (κ1) is 15.0. The zero-order valence-electron chi connectivity index (χ0n) is 11.7. The Balaban J connectivity index is 2.41. The molecular weight excluding hydrogens is 290 g/mol. The Hall–Kier alpha value is -2.41. The Morgan fingerprint density at radius 3 is 2.76 bits per heavy atom. The molecule has 0 saturated carbocycles. The van der Waals surface area contributed by atoms with Crippen molar-refractivity contribution in [2.45, 2.75) is 13.5 Å². The summed E-state index contributed by atoms with van der Waals surface area (Å²) in [5, 5.41) is 0. The van der Waals surface area contributed by atoms with Gasteiger partial charge in [0.05, 0.1) is 19.2 Å². The molecule has 0 spiro atoms. The average molecular weight is 305 g/mol. The minimum atomic E-state index is -0.456. The van der Waals surface area contributed by atoms with E-state index in [0.29, 0.717) is 23.4 Å². The van der Waals surface area contributed by atoms with Crippen molar-refractivity contribution in [2.24, 2.45) is 5.73 Å². The maximum atomic E-state index is 11.8. The number of benzene rings is 1. The Kier molecular flexibility index (Phi) is 4.23. The van der Waals surface area contributed by atoms with Crippen molar-refractivity contribution < 1.29 is 4.74 Å². The van der Waals surface area contributed by atoms with Crippen LogP contribution < -0.4 is 21.7 Å². The summed E-state index contributed by atoms with van der Waals surface area (Å²) in [4.78, 5) is 25.6. The topological polar surface area (TPSA) is 90.1 Å². The van der Waals surface area contributed by atoms with Crippen LogP contribution in [-0.4, -0.2) is 21.6 Å². The van der Waals surface area contributed by atoms with Crippen LogP contribution in [0.4, 0.5) is 0 Å². The van der Waals surface area contributed by atoms with Crippen molar-refractivity contribution in [3.63, 3.8) is 0 Å². The Bertz CT molecular complexity index is 808. The van der Waals surface area contributed by atoms with E-state index in [1.807, 2.05) is 6.07 Å². The molecule has 0 aliphatic rings. The van der Waals surface area contributed by atoms with Crippen LogP contribution >= 0.6 is 12.2 Å². The number of aromatic amines is 1. The van der Waals surface area contributed by atoms with Crippen molar-refractivity contribution in [1.29, 1.82) is 0 Å². The highest BCUT2D eigenvalue weighted by molar-refractivity contribution is 7.80. The van der Waals surface area contributed by atoms with Gasteiger partial charge in [-0.05, 0) is 24.6 Å². The molecule has 2 aromatic rings. The molecule has 110 valence electrons. The molecule has 0 radical (unpaired) electrons. The average Bonchev–Trinajstić information content (AvgIpc) is 2.44. The van der Waals surface area contributed by atoms with Crippen LogP contribution in [0.2, 0.25) is 0 Å². The molecule has 2 rings (SSSR count). The van der Waals surface area contributed by atoms with Gasteiger partial charge >= 0.3 is 5.69 Å². The largest absolute Gasteiger partial charge is 0.496 e. The van der Waals surface area contributed by atoms with E-state index in [1.165, 1.54) is 17.9 Å². The summed E-state index contributed by atoms with van der Waals surface area (Å²) in [6.45, 7) is 1.95. The molecule has 0 bridgehead atoms. The molecule has 0 aliphatic carbocycles. The highest BCUT2D eigenvalue weighted by atomic mass is 32.1. The number of nitrogens with zero attached hydrogens (tertiary/aromatic N) is 1. The molecule has 0 saturated heterocycles. The van der Waals surface area contributed by atoms with E-state index in [0.717, 1.165) is 5.56 Å². The van der Waals surface area contributed by atoms with E-state index in [1.54, 1.807) is 19.1 Å². The molecule has 0 aliphatic heterocycles. The quantitative estimate of drug-likeness (QED) is 0.805. The first-order chi connectivity index (χ1) is 9.92. The number of ether oxygens (including phenoxy) is 1. The number of aryl methyl sites for hydroxylation is 1. The van der Waals surface area contributed by atoms with Crippen LogP contribution in [0.5, 0.6) is 5.75 Å². The summed E-state index contributed by atoms with van der Waals surface area (Å²) < 4.78 is 6.67. The van der Waals surface area contributed by atoms with E-state index >= 15 is 0 Å². The van der Waals surface area contributed by atoms with Crippen molar-refractivity contribution in [3.05, 3.63) is 61.9 Å². The van der Waals surface area contributed by atoms with Crippen LogP contribution in [0.1, 0.15) is 16.7 Å². The van der Waals surface area contributed by atoms with Crippen molar-refractivity contribution >= 4 is 17.2 Å². The van der Waals surface area contributed by atoms with Crippen LogP contribution in [-0.2, 0) is 6.54 Å². The lowest BCUT2D eigenvalue weighted by atomic mass is 10.1. The second-order valence-corrected chi connectivity index (χ2v) is 5.04. The molecule has 6 nitrogen and oxygen atoms in total. The number of hydrogen-bond donors (Lipinski definition) is 2. The van der Waals surface area contributed by atoms with Gasteiger partial charge in [-0.15, -0.1) is 0 Å². The van der Waals surface area contributed by atoms with Crippen molar-refractivity contribution in [1.82, 2.24) is 9.55 Å². The fraction of sp³-hybridized carbons (Fsp3) is 0.214. The summed E-state index contributed by atoms with van der Waals surface area (Å²) in [6, 6.07) is 5.32. The summed E-state index contributed by atoms with van der Waals surface area (Å²) in [7, 11) is 1.53. The van der Waals surface area contributed by atoms with Gasteiger partial charge in [0.2, 0.25) is 0 Å². The number of rotatable bonds is 4. The van der Waals surface area contributed by atoms with Crippen molar-refractivity contribution in [3.8, 4) is 5.75 Å². The number of methoxy groups -OCH3 is 1. The smallest absolute Gasteiger partial charge is 0.328 e. The maximum Gasteiger partial charge on any atom is 0.328 e. The molecule has 1 aromatic carbocycles. The van der Waals surface area contributed by atoms with E-state index < -0.39 is 5.69 Å². The fourth-order valence-electron chi connectivity index (χ4n) is 1.97. The molecular formula is C14H15N3O3S. The molecule has 0 atom stereocenters. The zero-order valence-corrected chi connectivity index (χ0v) is 12.5. The molecule has 0 fully saturated rings. The highest BCUT2D eigenvalue weighted by Crippen LogP contribution is 2.20. The number of aromatic nitrogens is 2. The Labute approximate surface area is 126 Å². The van der Waals surface area contributed by atoms with Crippen molar-refractivity contribution in [2.75, 3.05) is 7.11 Å². The van der Waals surface area contributed by atoms with Gasteiger partial charge < -0.3 is 10.5 Å². The van der Waals surface area contributed by atoms with E-state index in [-0.39, 0.29) is 10.5 Å². The normalized spacial score (nSPS) is 10.4. The van der Waals surface area contributed by atoms with Gasteiger partial charge in [0.25, 0.3) is 5.56 Å². The predicted octanol–water partition coefficient (Wildman–Crippen LogP) is 0.536. The van der Waals surface area contributed by atoms with Gasteiger partial charge in [-0.2, -0.15) is 0 Å². The molecule has 1 heterocycles. The summed E-state index contributed by atoms with van der Waals surface area (Å²) in [6.07, 6.45) is 1.52. The van der Waals surface area contributed by atoms with Crippen LogP contribution in [0.25, 0.3) is 0 Å². The van der Waals surface area contributed by atoms with E-state index in [4.69, 9.17) is 22.7 Å². The molecule has 7 heteroatoms. The lowest BCUT2D eigenvalue weighted by Crippen LogP contribution is -2.31. The molecule has 3 N–H and O–H groups in total. The lowest BCUT2D eigenvalue weighted by molar-refractivity contribution is 0.413. The summed E-state index contributed by atoms with van der Waals surface area (Å²) in [5.41, 5.74) is 6.72. The number of nitrogens with two attached hydrogens (primary N) is 1. The summed E-state index contributed by atoms with van der Waals surface area (Å²) >= 11 is 4.94. The van der Waals surface area contributed by atoms with Gasteiger partial charge in [-0.3, -0.25) is 14.3 Å². The molecule has 0 unspecified atom stereocenters. The van der Waals surface area contributed by atoms with Gasteiger partial charge in [0, 0.05) is 11.8 Å². The monoisotopic (exact) mass is 305 g/mol. The molecule has 21 heavy (non-hydrogen) atoms. The minimum Gasteiger partial charge on any atom is -0.496 e. The van der Waals surface area contributed by atoms with Gasteiger partial charge in [0.1, 0.15) is 10.7 Å². The van der Waals surface area contributed by atoms with Crippen LogP contribution in [0, 0.1) is 6.92 Å². The van der Waals surface area contributed by atoms with E-state index in [2.05, 4.69) is 4.98 Å². The van der Waals surface area contributed by atoms with Gasteiger partial charge in [0.15, 0.2) is 0 Å². The van der Waals surface area contributed by atoms with E-state index in [9.17, 15) is 9.59 Å². The first-order valence-corrected chi connectivity index (χ1v) is 6.60. The van der Waals surface area contributed by atoms with Gasteiger partial charge in [-0.1, -0.05) is 18.3 Å². The number of hydrogen-bond acceptors (Lipinski definition) is 4. The first-order valence-electron chi connectivity index (χ1n) is 6.19. The third-order valence-electron chi connectivity index (χ3n) is 3.07. The zero-order chi connectivity index (χ0) is 15.6. The third-order valence-corrected chi connectivity index (χ3v) is 3.29. The summed E-state index contributed by atoms with van der Waals surface area (Å²) in [5.74, 6) is 0.550. The van der Waals surface area contributed by atoms with Gasteiger partial charge in [-0.25, -0.2) is 4.79 Å². The Morgan fingerprint density at radius 2 is 2.14 bits per heavy atom. The Morgan fingerprint density at radius 1 is 1.43 bits per heavy atom. The second-order valence-electron chi connectivity index (χ2n) is 4.60. The highest BCUT2D eigenvalue weighted by Gasteiger charge is 2.08. The number of nitrogens with one attached hydrogen (secondary N) is 1. The second kappa shape index (κ2) is 5.92. The standard InChI is InChI=1S/C14H15N3O3S/c1-8-6-17(14(19)16-13(8)18)7-9-3-4-10(12(15)21)11(5-9)20-2/h3-6H,7H2,1-2H3,(H2,15,21)(H,16,18,19). The van der Waals surface area contributed by atoms with Crippen LogP contribution in [0.15, 0.2) is 34.0 Å². The number of H-pyrrole nitrogens is 1. The third kappa shape index (κ3) is 3.19. The minimum absolute atomic E-state index is 0.246. The number of thiocarbonyl (C=S) groups is 1. The fourth-order valence-corrected chi connectivity index (χ4v) is 2.14.